The molecule has 2 rings (SSSR count). The lowest BCUT2D eigenvalue weighted by atomic mass is 10.3. The van der Waals surface area contributed by atoms with Crippen molar-refractivity contribution in [1.29, 1.82) is 0 Å². The molecule has 0 bridgehead atoms. The smallest absolute Gasteiger partial charge is 0.0948 e. The van der Waals surface area contributed by atoms with Gasteiger partial charge in [-0.15, -0.1) is 0 Å². The molecule has 0 fully saturated rings. The van der Waals surface area contributed by atoms with Crippen LogP contribution in [-0.4, -0.2) is 14.5 Å². The maximum Gasteiger partial charge on any atom is 0.0948 e. The zero-order valence-electron chi connectivity index (χ0n) is 10.3. The fourth-order valence-corrected chi connectivity index (χ4v) is 1.79. The molecule has 2 heterocycles. The highest BCUT2D eigenvalue weighted by atomic mass is 15.1. The molecule has 4 heteroatoms. The van der Waals surface area contributed by atoms with E-state index in [0.717, 1.165) is 30.9 Å². The van der Waals surface area contributed by atoms with E-state index in [-0.39, 0.29) is 0 Å². The Labute approximate surface area is 102 Å². The molecule has 0 saturated heterocycles. The Morgan fingerprint density at radius 2 is 2.29 bits per heavy atom. The van der Waals surface area contributed by atoms with E-state index in [2.05, 4.69) is 26.8 Å². The quantitative estimate of drug-likeness (QED) is 0.858. The maximum atomic E-state index is 4.25. The van der Waals surface area contributed by atoms with E-state index < -0.39 is 0 Å². The molecule has 0 atom stereocenters. The second-order valence-corrected chi connectivity index (χ2v) is 4.07. The standard InChI is InChI=1S/C13H18N4/c1-3-7-17-10-14-8-12(17)9-16-13-5-4-6-15-11(13)2/h4-6,8,10,16H,3,7,9H2,1-2H3. The molecule has 2 aromatic heterocycles. The summed E-state index contributed by atoms with van der Waals surface area (Å²) >= 11 is 0. The van der Waals surface area contributed by atoms with Gasteiger partial charge in [0, 0.05) is 18.9 Å². The summed E-state index contributed by atoms with van der Waals surface area (Å²) < 4.78 is 2.18. The van der Waals surface area contributed by atoms with E-state index >= 15 is 0 Å². The molecule has 0 saturated carbocycles. The molecule has 1 N–H and O–H groups in total. The van der Waals surface area contributed by atoms with Crippen molar-refractivity contribution in [2.45, 2.75) is 33.4 Å². The Hall–Kier alpha value is -1.84. The van der Waals surface area contributed by atoms with Crippen LogP contribution in [0.1, 0.15) is 24.7 Å². The molecule has 0 aliphatic heterocycles. The molecule has 0 amide bonds. The van der Waals surface area contributed by atoms with Crippen LogP contribution in [0.4, 0.5) is 5.69 Å². The van der Waals surface area contributed by atoms with E-state index in [0.29, 0.717) is 0 Å². The lowest BCUT2D eigenvalue weighted by Crippen LogP contribution is -2.07. The van der Waals surface area contributed by atoms with Gasteiger partial charge >= 0.3 is 0 Å². The molecule has 2 aromatic rings. The van der Waals surface area contributed by atoms with Gasteiger partial charge in [-0.1, -0.05) is 6.92 Å². The van der Waals surface area contributed by atoms with Crippen LogP contribution in [0.5, 0.6) is 0 Å². The van der Waals surface area contributed by atoms with Crippen LogP contribution in [0, 0.1) is 6.92 Å². The number of nitrogens with zero attached hydrogens (tertiary/aromatic N) is 3. The third-order valence-electron chi connectivity index (χ3n) is 2.73. The van der Waals surface area contributed by atoms with E-state index in [1.807, 2.05) is 37.8 Å². The molecule has 17 heavy (non-hydrogen) atoms. The van der Waals surface area contributed by atoms with Gasteiger partial charge in [-0.2, -0.15) is 0 Å². The minimum Gasteiger partial charge on any atom is -0.378 e. The highest BCUT2D eigenvalue weighted by Gasteiger charge is 2.02. The number of aryl methyl sites for hydroxylation is 2. The Morgan fingerprint density at radius 3 is 3.06 bits per heavy atom. The average molecular weight is 230 g/mol. The van der Waals surface area contributed by atoms with Crippen molar-refractivity contribution in [3.63, 3.8) is 0 Å². The minimum absolute atomic E-state index is 0.784. The number of pyridine rings is 1. The van der Waals surface area contributed by atoms with Crippen molar-refractivity contribution in [1.82, 2.24) is 14.5 Å². The molecule has 0 spiro atoms. The normalized spacial score (nSPS) is 10.5. The number of hydrogen-bond acceptors (Lipinski definition) is 3. The molecule has 0 unspecified atom stereocenters. The van der Waals surface area contributed by atoms with Gasteiger partial charge in [0.05, 0.1) is 29.9 Å². The predicted octanol–water partition coefficient (Wildman–Crippen LogP) is 2.61. The van der Waals surface area contributed by atoms with E-state index in [1.165, 1.54) is 5.69 Å². The van der Waals surface area contributed by atoms with Gasteiger partial charge in [0.25, 0.3) is 0 Å². The van der Waals surface area contributed by atoms with Crippen molar-refractivity contribution in [2.75, 3.05) is 5.32 Å². The molecule has 4 nitrogen and oxygen atoms in total. The fraction of sp³-hybridized carbons (Fsp3) is 0.385. The van der Waals surface area contributed by atoms with Crippen molar-refractivity contribution >= 4 is 5.69 Å². The van der Waals surface area contributed by atoms with Crippen LogP contribution in [0.15, 0.2) is 30.9 Å². The second-order valence-electron chi connectivity index (χ2n) is 4.07. The third kappa shape index (κ3) is 2.84. The van der Waals surface area contributed by atoms with Gasteiger partial charge in [0.2, 0.25) is 0 Å². The molecule has 0 aliphatic carbocycles. The topological polar surface area (TPSA) is 42.7 Å². The van der Waals surface area contributed by atoms with Crippen LogP contribution in [0.25, 0.3) is 0 Å². The number of hydrogen-bond donors (Lipinski definition) is 1. The van der Waals surface area contributed by atoms with Crippen LogP contribution < -0.4 is 5.32 Å². The van der Waals surface area contributed by atoms with Gasteiger partial charge in [-0.25, -0.2) is 4.98 Å². The van der Waals surface area contributed by atoms with Crippen molar-refractivity contribution < 1.29 is 0 Å². The third-order valence-corrected chi connectivity index (χ3v) is 2.73. The van der Waals surface area contributed by atoms with E-state index in [4.69, 9.17) is 0 Å². The largest absolute Gasteiger partial charge is 0.378 e. The number of aromatic nitrogens is 3. The zero-order chi connectivity index (χ0) is 12.1. The van der Waals surface area contributed by atoms with Crippen molar-refractivity contribution in [3.05, 3.63) is 42.2 Å². The zero-order valence-corrected chi connectivity index (χ0v) is 10.3. The number of nitrogens with one attached hydrogen (secondary N) is 1. The summed E-state index contributed by atoms with van der Waals surface area (Å²) in [7, 11) is 0. The first-order valence-electron chi connectivity index (χ1n) is 5.95. The summed E-state index contributed by atoms with van der Waals surface area (Å²) in [6.45, 7) is 5.98. The summed E-state index contributed by atoms with van der Waals surface area (Å²) in [5, 5.41) is 3.39. The van der Waals surface area contributed by atoms with Gasteiger partial charge in [0.1, 0.15) is 0 Å². The van der Waals surface area contributed by atoms with E-state index in [9.17, 15) is 0 Å². The summed E-state index contributed by atoms with van der Waals surface area (Å²) in [6.07, 6.45) is 6.72. The first-order valence-corrected chi connectivity index (χ1v) is 5.95. The molecule has 0 radical (unpaired) electrons. The molecule has 0 aliphatic rings. The Morgan fingerprint density at radius 1 is 1.41 bits per heavy atom. The molecular formula is C13H18N4. The second kappa shape index (κ2) is 5.48. The summed E-state index contributed by atoms with van der Waals surface area (Å²) in [4.78, 5) is 8.44. The van der Waals surface area contributed by atoms with Crippen LogP contribution in [0.3, 0.4) is 0 Å². The first-order chi connectivity index (χ1) is 8.31. The SMILES string of the molecule is CCCn1cncc1CNc1cccnc1C. The van der Waals surface area contributed by atoms with Crippen LogP contribution >= 0.6 is 0 Å². The monoisotopic (exact) mass is 230 g/mol. The Kier molecular flexibility index (Phi) is 3.75. The number of imidazole rings is 1. The summed E-state index contributed by atoms with van der Waals surface area (Å²) in [5.41, 5.74) is 3.31. The average Bonchev–Trinajstić information content (AvgIpc) is 2.76. The van der Waals surface area contributed by atoms with Crippen LogP contribution in [-0.2, 0) is 13.1 Å². The lowest BCUT2D eigenvalue weighted by molar-refractivity contribution is 0.651. The van der Waals surface area contributed by atoms with Gasteiger partial charge in [0.15, 0.2) is 0 Å². The number of rotatable bonds is 5. The highest BCUT2D eigenvalue weighted by molar-refractivity contribution is 5.46. The van der Waals surface area contributed by atoms with Crippen LogP contribution in [0.2, 0.25) is 0 Å². The summed E-state index contributed by atoms with van der Waals surface area (Å²) in [6, 6.07) is 3.99. The molecule has 0 aromatic carbocycles. The maximum absolute atomic E-state index is 4.25. The predicted molar refractivity (Wildman–Crippen MR) is 68.8 cm³/mol. The minimum atomic E-state index is 0.784. The molecule has 90 valence electrons. The van der Waals surface area contributed by atoms with Crippen molar-refractivity contribution in [3.8, 4) is 0 Å². The Balaban J connectivity index is 2.02. The van der Waals surface area contributed by atoms with Gasteiger partial charge in [-0.05, 0) is 25.5 Å². The lowest BCUT2D eigenvalue weighted by Gasteiger charge is -2.10. The highest BCUT2D eigenvalue weighted by Crippen LogP contribution is 2.12. The fourth-order valence-electron chi connectivity index (χ4n) is 1.79. The van der Waals surface area contributed by atoms with Gasteiger partial charge in [-0.3, -0.25) is 4.98 Å². The number of anilines is 1. The Bertz CT molecular complexity index is 476. The van der Waals surface area contributed by atoms with E-state index in [1.54, 1.807) is 0 Å². The molecular weight excluding hydrogens is 212 g/mol. The first kappa shape index (κ1) is 11.6. The summed E-state index contributed by atoms with van der Waals surface area (Å²) in [5.74, 6) is 0. The van der Waals surface area contributed by atoms with Crippen molar-refractivity contribution in [2.24, 2.45) is 0 Å². The van der Waals surface area contributed by atoms with Gasteiger partial charge < -0.3 is 9.88 Å².